The summed E-state index contributed by atoms with van der Waals surface area (Å²) >= 11 is 0. The number of carbonyl (C=O) groups excluding carboxylic acids is 1. The number of methoxy groups -OCH3 is 2. The molecule has 1 amide bonds. The van der Waals surface area contributed by atoms with E-state index in [0.717, 1.165) is 5.56 Å². The van der Waals surface area contributed by atoms with E-state index in [9.17, 15) is 13.2 Å². The van der Waals surface area contributed by atoms with Crippen molar-refractivity contribution in [2.24, 2.45) is 5.92 Å². The summed E-state index contributed by atoms with van der Waals surface area (Å²) in [5, 5.41) is 3.01. The molecule has 0 saturated carbocycles. The fourth-order valence-electron chi connectivity index (χ4n) is 3.65. The highest BCUT2D eigenvalue weighted by molar-refractivity contribution is 7.89. The zero-order valence-corrected chi connectivity index (χ0v) is 18.3. The Morgan fingerprint density at radius 1 is 1.10 bits per heavy atom. The summed E-state index contributed by atoms with van der Waals surface area (Å²) in [6.07, 6.45) is 1.31. The van der Waals surface area contributed by atoms with Gasteiger partial charge in [-0.3, -0.25) is 4.79 Å². The standard InChI is InChI=1S/C22H28N2O5S/c1-16(17-11-12-20(28-2)21(14-17)29-3)23-22(25)18-8-7-13-24(15-18)30(26,27)19-9-5-4-6-10-19/h4-6,9-12,14,16,18H,7-8,13,15H2,1-3H3,(H,23,25)/t16-,18+/m0/s1. The smallest absolute Gasteiger partial charge is 0.243 e. The highest BCUT2D eigenvalue weighted by Crippen LogP contribution is 2.30. The van der Waals surface area contributed by atoms with Gasteiger partial charge in [0, 0.05) is 13.1 Å². The van der Waals surface area contributed by atoms with Crippen molar-refractivity contribution >= 4 is 15.9 Å². The maximum Gasteiger partial charge on any atom is 0.243 e. The van der Waals surface area contributed by atoms with Crippen molar-refractivity contribution < 1.29 is 22.7 Å². The van der Waals surface area contributed by atoms with Crippen LogP contribution in [0.25, 0.3) is 0 Å². The van der Waals surface area contributed by atoms with Gasteiger partial charge in [-0.25, -0.2) is 8.42 Å². The van der Waals surface area contributed by atoms with E-state index in [1.807, 2.05) is 19.1 Å². The van der Waals surface area contributed by atoms with E-state index < -0.39 is 10.0 Å². The topological polar surface area (TPSA) is 84.9 Å². The fraction of sp³-hybridized carbons (Fsp3) is 0.409. The van der Waals surface area contributed by atoms with Crippen LogP contribution in [0.3, 0.4) is 0 Å². The average Bonchev–Trinajstić information content (AvgIpc) is 2.79. The molecule has 30 heavy (non-hydrogen) atoms. The van der Waals surface area contributed by atoms with Crippen molar-refractivity contribution in [1.82, 2.24) is 9.62 Å². The Morgan fingerprint density at radius 3 is 2.47 bits per heavy atom. The van der Waals surface area contributed by atoms with Crippen LogP contribution in [0.1, 0.15) is 31.4 Å². The molecule has 2 aromatic carbocycles. The first-order valence-electron chi connectivity index (χ1n) is 9.94. The maximum atomic E-state index is 12.9. The Bertz CT molecular complexity index is 978. The summed E-state index contributed by atoms with van der Waals surface area (Å²) in [5.74, 6) is 0.674. The van der Waals surface area contributed by atoms with E-state index in [-0.39, 0.29) is 29.3 Å². The Labute approximate surface area is 178 Å². The third-order valence-electron chi connectivity index (χ3n) is 5.40. The normalized spacial score (nSPS) is 18.4. The van der Waals surface area contributed by atoms with Crippen LogP contribution in [0.5, 0.6) is 11.5 Å². The van der Waals surface area contributed by atoms with Gasteiger partial charge in [-0.15, -0.1) is 0 Å². The van der Waals surface area contributed by atoms with Gasteiger partial charge in [0.25, 0.3) is 0 Å². The molecule has 1 fully saturated rings. The summed E-state index contributed by atoms with van der Waals surface area (Å²) < 4.78 is 37.8. The number of rotatable bonds is 7. The molecule has 1 aliphatic heterocycles. The first-order valence-corrected chi connectivity index (χ1v) is 11.4. The van der Waals surface area contributed by atoms with Gasteiger partial charge in [-0.1, -0.05) is 24.3 Å². The summed E-state index contributed by atoms with van der Waals surface area (Å²) in [5.41, 5.74) is 0.880. The molecule has 1 saturated heterocycles. The number of hydrogen-bond donors (Lipinski definition) is 1. The highest BCUT2D eigenvalue weighted by atomic mass is 32.2. The second-order valence-electron chi connectivity index (χ2n) is 7.36. The van der Waals surface area contributed by atoms with Crippen molar-refractivity contribution in [1.29, 1.82) is 0 Å². The molecule has 0 aromatic heterocycles. The van der Waals surface area contributed by atoms with Crippen molar-refractivity contribution in [3.05, 3.63) is 54.1 Å². The maximum absolute atomic E-state index is 12.9. The minimum absolute atomic E-state index is 0.148. The van der Waals surface area contributed by atoms with Crippen molar-refractivity contribution in [2.45, 2.75) is 30.7 Å². The van der Waals surface area contributed by atoms with Crippen molar-refractivity contribution in [2.75, 3.05) is 27.3 Å². The minimum Gasteiger partial charge on any atom is -0.493 e. The van der Waals surface area contributed by atoms with Gasteiger partial charge in [0.2, 0.25) is 15.9 Å². The number of amides is 1. The zero-order valence-electron chi connectivity index (χ0n) is 17.5. The number of nitrogens with one attached hydrogen (secondary N) is 1. The molecule has 2 atom stereocenters. The Balaban J connectivity index is 1.68. The molecular formula is C22H28N2O5S. The third-order valence-corrected chi connectivity index (χ3v) is 7.28. The van der Waals surface area contributed by atoms with Crippen LogP contribution in [-0.4, -0.2) is 45.9 Å². The van der Waals surface area contributed by atoms with Gasteiger partial charge in [-0.2, -0.15) is 4.31 Å². The SMILES string of the molecule is COc1ccc([C@H](C)NC(=O)[C@@H]2CCCN(S(=O)(=O)c3ccccc3)C2)cc1OC. The molecule has 0 unspecified atom stereocenters. The summed E-state index contributed by atoms with van der Waals surface area (Å²) in [6, 6.07) is 13.6. The van der Waals surface area contributed by atoms with Crippen LogP contribution in [0.15, 0.2) is 53.4 Å². The van der Waals surface area contributed by atoms with E-state index in [1.165, 1.54) is 4.31 Å². The highest BCUT2D eigenvalue weighted by Gasteiger charge is 2.33. The number of benzene rings is 2. The fourth-order valence-corrected chi connectivity index (χ4v) is 5.20. The molecule has 3 rings (SSSR count). The molecule has 0 aliphatic carbocycles. The van der Waals surface area contributed by atoms with Crippen LogP contribution in [0.4, 0.5) is 0 Å². The average molecular weight is 433 g/mol. The Morgan fingerprint density at radius 2 is 1.80 bits per heavy atom. The number of hydrogen-bond acceptors (Lipinski definition) is 5. The van der Waals surface area contributed by atoms with Gasteiger partial charge in [0.15, 0.2) is 11.5 Å². The largest absolute Gasteiger partial charge is 0.493 e. The molecule has 1 N–H and O–H groups in total. The molecule has 1 aliphatic rings. The van der Waals surface area contributed by atoms with E-state index >= 15 is 0 Å². The lowest BCUT2D eigenvalue weighted by Crippen LogP contribution is -2.45. The summed E-state index contributed by atoms with van der Waals surface area (Å²) in [4.78, 5) is 13.1. The van der Waals surface area contributed by atoms with E-state index in [2.05, 4.69) is 5.32 Å². The van der Waals surface area contributed by atoms with Crippen molar-refractivity contribution in [3.8, 4) is 11.5 Å². The molecule has 8 heteroatoms. The van der Waals surface area contributed by atoms with Gasteiger partial charge in [0.05, 0.1) is 31.1 Å². The van der Waals surface area contributed by atoms with Crippen LogP contribution in [0.2, 0.25) is 0 Å². The second-order valence-corrected chi connectivity index (χ2v) is 9.30. The lowest BCUT2D eigenvalue weighted by Gasteiger charge is -2.32. The Hall–Kier alpha value is -2.58. The van der Waals surface area contributed by atoms with Gasteiger partial charge < -0.3 is 14.8 Å². The Kier molecular flexibility index (Phi) is 6.99. The number of nitrogens with zero attached hydrogens (tertiary/aromatic N) is 1. The molecule has 2 aromatic rings. The van der Waals surface area contributed by atoms with Gasteiger partial charge in [0.1, 0.15) is 0 Å². The molecule has 0 bridgehead atoms. The molecule has 1 heterocycles. The van der Waals surface area contributed by atoms with E-state index in [4.69, 9.17) is 9.47 Å². The molecule has 7 nitrogen and oxygen atoms in total. The number of ether oxygens (including phenoxy) is 2. The van der Waals surface area contributed by atoms with Gasteiger partial charge >= 0.3 is 0 Å². The van der Waals surface area contributed by atoms with E-state index in [1.54, 1.807) is 50.6 Å². The lowest BCUT2D eigenvalue weighted by atomic mass is 9.98. The zero-order chi connectivity index (χ0) is 21.7. The molecular weight excluding hydrogens is 404 g/mol. The van der Waals surface area contributed by atoms with Crippen LogP contribution < -0.4 is 14.8 Å². The minimum atomic E-state index is -3.60. The summed E-state index contributed by atoms with van der Waals surface area (Å²) in [6.45, 7) is 2.49. The monoisotopic (exact) mass is 432 g/mol. The van der Waals surface area contributed by atoms with E-state index in [0.29, 0.717) is 30.9 Å². The second kappa shape index (κ2) is 9.49. The van der Waals surface area contributed by atoms with Crippen molar-refractivity contribution in [3.63, 3.8) is 0 Å². The number of carbonyl (C=O) groups is 1. The lowest BCUT2D eigenvalue weighted by molar-refractivity contribution is -0.126. The predicted molar refractivity (Wildman–Crippen MR) is 114 cm³/mol. The number of sulfonamides is 1. The molecule has 162 valence electrons. The molecule has 0 spiro atoms. The summed E-state index contributed by atoms with van der Waals surface area (Å²) in [7, 11) is -0.468. The predicted octanol–water partition coefficient (Wildman–Crippen LogP) is 2.98. The van der Waals surface area contributed by atoms with Crippen LogP contribution in [-0.2, 0) is 14.8 Å². The van der Waals surface area contributed by atoms with Crippen LogP contribution >= 0.6 is 0 Å². The number of piperidine rings is 1. The first kappa shape index (κ1) is 22.1. The van der Waals surface area contributed by atoms with Crippen LogP contribution in [0, 0.1) is 5.92 Å². The molecule has 0 radical (unpaired) electrons. The van der Waals surface area contributed by atoms with Gasteiger partial charge in [-0.05, 0) is 49.6 Å². The third kappa shape index (κ3) is 4.76. The first-order chi connectivity index (χ1) is 14.4. The quantitative estimate of drug-likeness (QED) is 0.727.